The fourth-order valence-electron chi connectivity index (χ4n) is 3.76. The summed E-state index contributed by atoms with van der Waals surface area (Å²) >= 11 is 0. The van der Waals surface area contributed by atoms with Crippen LogP contribution in [0.2, 0.25) is 0 Å². The average molecular weight is 312 g/mol. The Labute approximate surface area is 124 Å². The second-order valence-electron chi connectivity index (χ2n) is 5.92. The number of piperidine rings is 1. The fraction of sp³-hybridized carbons (Fsp3) is 0.643. The first-order chi connectivity index (χ1) is 10.0. The summed E-state index contributed by atoms with van der Waals surface area (Å²) in [6, 6.07) is 0.374. The lowest BCUT2D eigenvalue weighted by Gasteiger charge is -2.45. The molecule has 21 heavy (non-hydrogen) atoms. The molecular formula is C14H20N2O4S. The van der Waals surface area contributed by atoms with Crippen LogP contribution >= 0.6 is 0 Å². The maximum atomic E-state index is 12.9. The second kappa shape index (κ2) is 5.46. The Morgan fingerprint density at radius 2 is 2.00 bits per heavy atom. The number of carboxylic acids is 1. The minimum Gasteiger partial charge on any atom is -0.480 e. The van der Waals surface area contributed by atoms with Crippen molar-refractivity contribution in [2.45, 2.75) is 55.5 Å². The summed E-state index contributed by atoms with van der Waals surface area (Å²) in [6.07, 6.45) is 8.00. The molecule has 1 aromatic heterocycles. The standard InChI is InChI=1S/C14H20N2O4S/c17-14(18)13-6-5-10-3-1-2-4-12(10)16(13)21(19,20)11-7-8-15-9-11/h7-10,12-13,15H,1-6H2,(H,17,18). The van der Waals surface area contributed by atoms with E-state index >= 15 is 0 Å². The SMILES string of the molecule is O=C(O)C1CCC2CCCCC2N1S(=O)(=O)c1cc[nH]c1. The largest absolute Gasteiger partial charge is 0.480 e. The third-order valence-electron chi connectivity index (χ3n) is 4.74. The molecule has 6 nitrogen and oxygen atoms in total. The zero-order valence-corrected chi connectivity index (χ0v) is 12.6. The summed E-state index contributed by atoms with van der Waals surface area (Å²) in [5.74, 6) is -0.749. The summed E-state index contributed by atoms with van der Waals surface area (Å²) in [5, 5.41) is 9.45. The van der Waals surface area contributed by atoms with E-state index in [0.717, 1.165) is 32.1 Å². The van der Waals surface area contributed by atoms with Gasteiger partial charge >= 0.3 is 5.97 Å². The quantitative estimate of drug-likeness (QED) is 0.890. The van der Waals surface area contributed by atoms with Gasteiger partial charge in [0.15, 0.2) is 0 Å². The number of rotatable bonds is 3. The van der Waals surface area contributed by atoms with Crippen molar-refractivity contribution in [2.75, 3.05) is 0 Å². The van der Waals surface area contributed by atoms with Crippen molar-refractivity contribution in [2.24, 2.45) is 5.92 Å². The Kier molecular flexibility index (Phi) is 3.79. The van der Waals surface area contributed by atoms with Gasteiger partial charge in [-0.25, -0.2) is 8.42 Å². The first kappa shape index (κ1) is 14.6. The molecule has 0 bridgehead atoms. The molecule has 0 amide bonds. The molecule has 1 aliphatic carbocycles. The van der Waals surface area contributed by atoms with Crippen LogP contribution < -0.4 is 0 Å². The van der Waals surface area contributed by atoms with Crippen LogP contribution in [0.3, 0.4) is 0 Å². The highest BCUT2D eigenvalue weighted by molar-refractivity contribution is 7.89. The molecule has 116 valence electrons. The number of aliphatic carboxylic acids is 1. The minimum absolute atomic E-state index is 0.153. The van der Waals surface area contributed by atoms with Crippen LogP contribution in [-0.4, -0.2) is 40.9 Å². The molecule has 3 atom stereocenters. The number of carbonyl (C=O) groups is 1. The number of hydrogen-bond donors (Lipinski definition) is 2. The lowest BCUT2D eigenvalue weighted by atomic mass is 9.78. The van der Waals surface area contributed by atoms with Gasteiger partial charge in [0.2, 0.25) is 10.0 Å². The highest BCUT2D eigenvalue weighted by atomic mass is 32.2. The van der Waals surface area contributed by atoms with E-state index in [9.17, 15) is 18.3 Å². The van der Waals surface area contributed by atoms with Crippen molar-refractivity contribution in [3.8, 4) is 0 Å². The van der Waals surface area contributed by atoms with Gasteiger partial charge in [0.05, 0.1) is 4.90 Å². The van der Waals surface area contributed by atoms with Crippen LogP contribution in [0.4, 0.5) is 0 Å². The summed E-state index contributed by atoms with van der Waals surface area (Å²) in [6.45, 7) is 0. The maximum absolute atomic E-state index is 12.9. The molecule has 3 rings (SSSR count). The lowest BCUT2D eigenvalue weighted by Crippen LogP contribution is -2.57. The van der Waals surface area contributed by atoms with Crippen LogP contribution in [0.1, 0.15) is 38.5 Å². The molecule has 1 saturated heterocycles. The molecule has 2 N–H and O–H groups in total. The zero-order valence-electron chi connectivity index (χ0n) is 11.7. The lowest BCUT2D eigenvalue weighted by molar-refractivity contribution is -0.144. The summed E-state index contributed by atoms with van der Waals surface area (Å²) < 4.78 is 27.0. The normalized spacial score (nSPS) is 30.8. The van der Waals surface area contributed by atoms with E-state index < -0.39 is 22.0 Å². The van der Waals surface area contributed by atoms with Crippen molar-refractivity contribution in [3.05, 3.63) is 18.5 Å². The Morgan fingerprint density at radius 3 is 2.67 bits per heavy atom. The van der Waals surface area contributed by atoms with Crippen molar-refractivity contribution in [1.29, 1.82) is 0 Å². The molecule has 7 heteroatoms. The molecule has 1 saturated carbocycles. The van der Waals surface area contributed by atoms with Crippen LogP contribution in [0.25, 0.3) is 0 Å². The Bertz CT molecular complexity index is 611. The first-order valence-corrected chi connectivity index (χ1v) is 8.85. The van der Waals surface area contributed by atoms with E-state index in [1.807, 2.05) is 0 Å². The van der Waals surface area contributed by atoms with Crippen molar-refractivity contribution in [1.82, 2.24) is 9.29 Å². The predicted molar refractivity (Wildman–Crippen MR) is 76.2 cm³/mol. The van der Waals surface area contributed by atoms with Gasteiger partial charge in [-0.1, -0.05) is 12.8 Å². The van der Waals surface area contributed by atoms with Gasteiger partial charge in [-0.2, -0.15) is 4.31 Å². The van der Waals surface area contributed by atoms with E-state index in [0.29, 0.717) is 12.3 Å². The smallest absolute Gasteiger partial charge is 0.322 e. The van der Waals surface area contributed by atoms with E-state index in [2.05, 4.69) is 4.98 Å². The van der Waals surface area contributed by atoms with Gasteiger partial charge in [-0.15, -0.1) is 0 Å². The topological polar surface area (TPSA) is 90.5 Å². The zero-order chi connectivity index (χ0) is 15.0. The number of fused-ring (bicyclic) bond motifs is 1. The van der Waals surface area contributed by atoms with Gasteiger partial charge in [0.25, 0.3) is 0 Å². The predicted octanol–water partition coefficient (Wildman–Crippen LogP) is 1.81. The third-order valence-corrected chi connectivity index (χ3v) is 6.67. The number of hydrogen-bond acceptors (Lipinski definition) is 3. The summed E-state index contributed by atoms with van der Waals surface area (Å²) in [4.78, 5) is 14.4. The average Bonchev–Trinajstić information content (AvgIpc) is 3.00. The fourth-order valence-corrected chi connectivity index (χ4v) is 5.62. The van der Waals surface area contributed by atoms with Crippen molar-refractivity contribution in [3.63, 3.8) is 0 Å². The second-order valence-corrected chi connectivity index (χ2v) is 7.77. The Balaban J connectivity index is 2.02. The molecule has 1 aliphatic heterocycles. The molecule has 2 fully saturated rings. The van der Waals surface area contributed by atoms with Crippen LogP contribution in [0, 0.1) is 5.92 Å². The molecular weight excluding hydrogens is 292 g/mol. The van der Waals surface area contributed by atoms with Gasteiger partial charge in [0, 0.05) is 18.4 Å². The number of sulfonamides is 1. The number of nitrogens with zero attached hydrogens (tertiary/aromatic N) is 1. The van der Waals surface area contributed by atoms with Gasteiger partial charge in [0.1, 0.15) is 6.04 Å². The third kappa shape index (κ3) is 2.48. The van der Waals surface area contributed by atoms with E-state index in [1.54, 1.807) is 6.20 Å². The number of aromatic amines is 1. The Morgan fingerprint density at radius 1 is 1.24 bits per heavy atom. The molecule has 0 radical (unpaired) electrons. The molecule has 0 spiro atoms. The Hall–Kier alpha value is -1.34. The number of aromatic nitrogens is 1. The number of nitrogens with one attached hydrogen (secondary N) is 1. The molecule has 0 aromatic carbocycles. The van der Waals surface area contributed by atoms with E-state index in [4.69, 9.17) is 0 Å². The number of H-pyrrole nitrogens is 1. The number of carboxylic acid groups (broad SMARTS) is 1. The molecule has 2 heterocycles. The van der Waals surface area contributed by atoms with Crippen molar-refractivity contribution >= 4 is 16.0 Å². The van der Waals surface area contributed by atoms with Crippen LogP contribution in [0.5, 0.6) is 0 Å². The van der Waals surface area contributed by atoms with Gasteiger partial charge < -0.3 is 10.1 Å². The maximum Gasteiger partial charge on any atom is 0.322 e. The monoisotopic (exact) mass is 312 g/mol. The van der Waals surface area contributed by atoms with E-state index in [1.165, 1.54) is 16.6 Å². The van der Waals surface area contributed by atoms with Crippen LogP contribution in [0.15, 0.2) is 23.4 Å². The molecule has 3 unspecified atom stereocenters. The summed E-state index contributed by atoms with van der Waals surface area (Å²) in [5.41, 5.74) is 0. The van der Waals surface area contributed by atoms with E-state index in [-0.39, 0.29) is 10.9 Å². The van der Waals surface area contributed by atoms with Crippen molar-refractivity contribution < 1.29 is 18.3 Å². The first-order valence-electron chi connectivity index (χ1n) is 7.41. The highest BCUT2D eigenvalue weighted by Gasteiger charge is 2.47. The minimum atomic E-state index is -3.76. The van der Waals surface area contributed by atoms with Gasteiger partial charge in [-0.05, 0) is 37.7 Å². The highest BCUT2D eigenvalue weighted by Crippen LogP contribution is 2.40. The molecule has 1 aromatic rings. The molecule has 2 aliphatic rings. The van der Waals surface area contributed by atoms with Gasteiger partial charge in [-0.3, -0.25) is 4.79 Å². The van der Waals surface area contributed by atoms with Crippen LogP contribution in [-0.2, 0) is 14.8 Å². The summed E-state index contributed by atoms with van der Waals surface area (Å²) in [7, 11) is -3.76.